The summed E-state index contributed by atoms with van der Waals surface area (Å²) >= 11 is 0. The summed E-state index contributed by atoms with van der Waals surface area (Å²) in [6.07, 6.45) is 4.33. The number of likely N-dealkylation sites (tertiary alicyclic amines) is 1. The summed E-state index contributed by atoms with van der Waals surface area (Å²) in [5.74, 6) is 0.635. The molecule has 4 nitrogen and oxygen atoms in total. The number of pyridine rings is 1. The van der Waals surface area contributed by atoms with Gasteiger partial charge >= 0.3 is 0 Å². The Labute approximate surface area is 102 Å². The van der Waals surface area contributed by atoms with Gasteiger partial charge in [-0.2, -0.15) is 0 Å². The molecule has 0 radical (unpaired) electrons. The molecule has 2 heterocycles. The van der Waals surface area contributed by atoms with Gasteiger partial charge < -0.3 is 15.2 Å². The molecule has 94 valence electrons. The van der Waals surface area contributed by atoms with Crippen molar-refractivity contribution in [1.82, 2.24) is 9.47 Å². The van der Waals surface area contributed by atoms with Crippen LogP contribution < -0.4 is 11.3 Å². The second-order valence-corrected chi connectivity index (χ2v) is 4.78. The molecule has 0 saturated carbocycles. The number of nitrogens with zero attached hydrogens (tertiary/aromatic N) is 2. The minimum absolute atomic E-state index is 0.0832. The Morgan fingerprint density at radius 2 is 2.24 bits per heavy atom. The smallest absolute Gasteiger partial charge is 0.250 e. The van der Waals surface area contributed by atoms with Crippen LogP contribution in [0.15, 0.2) is 29.2 Å². The van der Waals surface area contributed by atoms with E-state index < -0.39 is 0 Å². The van der Waals surface area contributed by atoms with Gasteiger partial charge in [0.25, 0.3) is 5.56 Å². The zero-order valence-electron chi connectivity index (χ0n) is 10.2. The fourth-order valence-electron chi connectivity index (χ4n) is 2.44. The fourth-order valence-corrected chi connectivity index (χ4v) is 2.44. The lowest BCUT2D eigenvalue weighted by Crippen LogP contribution is -2.40. The van der Waals surface area contributed by atoms with Crippen molar-refractivity contribution in [2.75, 3.05) is 26.2 Å². The van der Waals surface area contributed by atoms with Crippen LogP contribution >= 0.6 is 0 Å². The van der Waals surface area contributed by atoms with Crippen molar-refractivity contribution in [3.63, 3.8) is 0 Å². The molecule has 0 spiro atoms. The van der Waals surface area contributed by atoms with Gasteiger partial charge in [-0.15, -0.1) is 0 Å². The molecule has 2 N–H and O–H groups in total. The lowest BCUT2D eigenvalue weighted by Gasteiger charge is -2.32. The number of piperidine rings is 1. The third-order valence-electron chi connectivity index (χ3n) is 3.49. The lowest BCUT2D eigenvalue weighted by molar-refractivity contribution is 0.172. The molecule has 2 rings (SSSR count). The van der Waals surface area contributed by atoms with E-state index in [1.165, 1.54) is 12.8 Å². The molecule has 1 aromatic heterocycles. The first-order valence-corrected chi connectivity index (χ1v) is 6.37. The highest BCUT2D eigenvalue weighted by molar-refractivity contribution is 4.93. The van der Waals surface area contributed by atoms with Crippen LogP contribution in [0.3, 0.4) is 0 Å². The number of rotatable bonds is 4. The molecule has 4 heteroatoms. The van der Waals surface area contributed by atoms with Crippen molar-refractivity contribution in [1.29, 1.82) is 0 Å². The van der Waals surface area contributed by atoms with Crippen LogP contribution in [0.5, 0.6) is 0 Å². The summed E-state index contributed by atoms with van der Waals surface area (Å²) in [5, 5.41) is 0. The van der Waals surface area contributed by atoms with Gasteiger partial charge in [0.15, 0.2) is 0 Å². The number of aromatic nitrogens is 1. The Morgan fingerprint density at radius 3 is 3.00 bits per heavy atom. The van der Waals surface area contributed by atoms with Crippen molar-refractivity contribution in [3.05, 3.63) is 34.7 Å². The van der Waals surface area contributed by atoms with Gasteiger partial charge in [0.2, 0.25) is 0 Å². The molecule has 1 aliphatic rings. The SMILES string of the molecule is NCC1CCCN(CCn2ccccc2=O)C1. The molecule has 0 bridgehead atoms. The summed E-state index contributed by atoms with van der Waals surface area (Å²) < 4.78 is 1.77. The molecular weight excluding hydrogens is 214 g/mol. The summed E-state index contributed by atoms with van der Waals surface area (Å²) in [6.45, 7) is 4.72. The van der Waals surface area contributed by atoms with E-state index in [0.717, 1.165) is 32.7 Å². The quantitative estimate of drug-likeness (QED) is 0.827. The minimum atomic E-state index is 0.0832. The third kappa shape index (κ3) is 3.41. The lowest BCUT2D eigenvalue weighted by atomic mass is 9.98. The van der Waals surface area contributed by atoms with Gasteiger partial charge in [0, 0.05) is 31.9 Å². The van der Waals surface area contributed by atoms with Crippen LogP contribution in [0.2, 0.25) is 0 Å². The maximum Gasteiger partial charge on any atom is 0.250 e. The van der Waals surface area contributed by atoms with Gasteiger partial charge in [0.05, 0.1) is 0 Å². The average molecular weight is 235 g/mol. The first-order valence-electron chi connectivity index (χ1n) is 6.37. The molecule has 1 saturated heterocycles. The predicted molar refractivity (Wildman–Crippen MR) is 68.9 cm³/mol. The monoisotopic (exact) mass is 235 g/mol. The third-order valence-corrected chi connectivity index (χ3v) is 3.49. The van der Waals surface area contributed by atoms with Crippen molar-refractivity contribution in [2.24, 2.45) is 11.7 Å². The highest BCUT2D eigenvalue weighted by atomic mass is 16.1. The van der Waals surface area contributed by atoms with Gasteiger partial charge in [-0.3, -0.25) is 4.79 Å². The van der Waals surface area contributed by atoms with Gasteiger partial charge in [0.1, 0.15) is 0 Å². The second kappa shape index (κ2) is 5.98. The van der Waals surface area contributed by atoms with Crippen LogP contribution in [0.1, 0.15) is 12.8 Å². The fraction of sp³-hybridized carbons (Fsp3) is 0.615. The van der Waals surface area contributed by atoms with Gasteiger partial charge in [-0.25, -0.2) is 0 Å². The van der Waals surface area contributed by atoms with E-state index in [2.05, 4.69) is 4.90 Å². The zero-order chi connectivity index (χ0) is 12.1. The van der Waals surface area contributed by atoms with Crippen LogP contribution in [0.25, 0.3) is 0 Å². The second-order valence-electron chi connectivity index (χ2n) is 4.78. The molecule has 1 aliphatic heterocycles. The average Bonchev–Trinajstić information content (AvgIpc) is 2.38. The molecule has 0 aromatic carbocycles. The number of hydrogen-bond acceptors (Lipinski definition) is 3. The Kier molecular flexibility index (Phi) is 4.34. The van der Waals surface area contributed by atoms with E-state index in [9.17, 15) is 4.79 Å². The van der Waals surface area contributed by atoms with Gasteiger partial charge in [-0.05, 0) is 37.9 Å². The molecular formula is C13H21N3O. The molecule has 0 aliphatic carbocycles. The minimum Gasteiger partial charge on any atom is -0.330 e. The molecule has 1 unspecified atom stereocenters. The van der Waals surface area contributed by atoms with Gasteiger partial charge in [-0.1, -0.05) is 6.07 Å². The topological polar surface area (TPSA) is 51.3 Å². The molecule has 0 amide bonds. The largest absolute Gasteiger partial charge is 0.330 e. The number of hydrogen-bond donors (Lipinski definition) is 1. The number of nitrogens with two attached hydrogens (primary N) is 1. The maximum atomic E-state index is 11.5. The van der Waals surface area contributed by atoms with E-state index >= 15 is 0 Å². The first-order chi connectivity index (χ1) is 8.29. The maximum absolute atomic E-state index is 11.5. The van der Waals surface area contributed by atoms with E-state index in [4.69, 9.17) is 5.73 Å². The molecule has 1 aromatic rings. The van der Waals surface area contributed by atoms with Crippen LogP contribution in [0, 0.1) is 5.92 Å². The predicted octanol–water partition coefficient (Wildman–Crippen LogP) is 0.519. The van der Waals surface area contributed by atoms with E-state index in [1.54, 1.807) is 16.7 Å². The van der Waals surface area contributed by atoms with Crippen molar-refractivity contribution in [2.45, 2.75) is 19.4 Å². The van der Waals surface area contributed by atoms with Crippen LogP contribution in [-0.4, -0.2) is 35.6 Å². The van der Waals surface area contributed by atoms with E-state index in [-0.39, 0.29) is 5.56 Å². The Balaban J connectivity index is 1.86. The standard InChI is InChI=1S/C13H21N3O/c14-10-12-4-3-6-15(11-12)8-9-16-7-2-1-5-13(16)17/h1-2,5,7,12H,3-4,6,8-11,14H2. The molecule has 1 atom stereocenters. The van der Waals surface area contributed by atoms with Crippen LogP contribution in [-0.2, 0) is 6.54 Å². The molecule has 1 fully saturated rings. The summed E-state index contributed by atoms with van der Waals surface area (Å²) in [6, 6.07) is 5.30. The van der Waals surface area contributed by atoms with E-state index in [1.807, 2.05) is 12.3 Å². The van der Waals surface area contributed by atoms with Crippen LogP contribution in [0.4, 0.5) is 0 Å². The van der Waals surface area contributed by atoms with Crippen molar-refractivity contribution >= 4 is 0 Å². The first kappa shape index (κ1) is 12.3. The highest BCUT2D eigenvalue weighted by Gasteiger charge is 2.18. The summed E-state index contributed by atoms with van der Waals surface area (Å²) in [4.78, 5) is 14.0. The van der Waals surface area contributed by atoms with Crippen molar-refractivity contribution < 1.29 is 0 Å². The zero-order valence-corrected chi connectivity index (χ0v) is 10.2. The summed E-state index contributed by atoms with van der Waals surface area (Å²) in [5.41, 5.74) is 5.80. The van der Waals surface area contributed by atoms with Crippen molar-refractivity contribution in [3.8, 4) is 0 Å². The Bertz CT molecular complexity index is 402. The highest BCUT2D eigenvalue weighted by Crippen LogP contribution is 2.14. The molecule has 17 heavy (non-hydrogen) atoms. The van der Waals surface area contributed by atoms with E-state index in [0.29, 0.717) is 5.92 Å². The summed E-state index contributed by atoms with van der Waals surface area (Å²) in [7, 11) is 0. The Hall–Kier alpha value is -1.13. The Morgan fingerprint density at radius 1 is 1.35 bits per heavy atom. The normalized spacial score (nSPS) is 21.6.